The third kappa shape index (κ3) is 2.35. The van der Waals surface area contributed by atoms with Crippen LogP contribution in [0.5, 0.6) is 0 Å². The summed E-state index contributed by atoms with van der Waals surface area (Å²) < 4.78 is 11.5. The van der Waals surface area contributed by atoms with Crippen molar-refractivity contribution >= 4 is 0 Å². The maximum atomic E-state index is 5.94. The van der Waals surface area contributed by atoms with Crippen LogP contribution in [0.4, 0.5) is 0 Å². The van der Waals surface area contributed by atoms with Crippen molar-refractivity contribution in [1.82, 2.24) is 0 Å². The van der Waals surface area contributed by atoms with Crippen LogP contribution in [0.15, 0.2) is 0 Å². The minimum absolute atomic E-state index is 0.147. The van der Waals surface area contributed by atoms with E-state index in [4.69, 9.17) is 15.2 Å². The van der Waals surface area contributed by atoms with Gasteiger partial charge in [-0.1, -0.05) is 13.8 Å². The Labute approximate surface area is 92.3 Å². The quantitative estimate of drug-likeness (QED) is 0.776. The summed E-state index contributed by atoms with van der Waals surface area (Å²) in [5.41, 5.74) is 6.09. The van der Waals surface area contributed by atoms with Gasteiger partial charge in [-0.05, 0) is 25.7 Å². The van der Waals surface area contributed by atoms with Gasteiger partial charge in [-0.2, -0.15) is 0 Å². The second-order valence-electron chi connectivity index (χ2n) is 5.47. The van der Waals surface area contributed by atoms with Crippen LogP contribution in [0.3, 0.4) is 0 Å². The maximum absolute atomic E-state index is 5.94. The predicted molar refractivity (Wildman–Crippen MR) is 59.7 cm³/mol. The predicted octanol–water partition coefficient (Wildman–Crippen LogP) is 1.70. The lowest BCUT2D eigenvalue weighted by atomic mass is 9.65. The topological polar surface area (TPSA) is 44.5 Å². The molecule has 2 fully saturated rings. The number of hydrogen-bond acceptors (Lipinski definition) is 3. The Kier molecular flexibility index (Phi) is 3.33. The minimum Gasteiger partial charge on any atom is -0.376 e. The first kappa shape index (κ1) is 11.4. The highest BCUT2D eigenvalue weighted by atomic mass is 16.5. The highest BCUT2D eigenvalue weighted by Gasteiger charge is 2.47. The van der Waals surface area contributed by atoms with Crippen LogP contribution < -0.4 is 5.73 Å². The molecule has 1 saturated carbocycles. The van der Waals surface area contributed by atoms with E-state index in [-0.39, 0.29) is 5.41 Å². The molecule has 1 heterocycles. The number of rotatable bonds is 3. The average Bonchev–Trinajstić information content (AvgIpc) is 2.25. The van der Waals surface area contributed by atoms with Gasteiger partial charge in [-0.3, -0.25) is 0 Å². The molecule has 0 aromatic carbocycles. The summed E-state index contributed by atoms with van der Waals surface area (Å²) in [5, 5.41) is 0. The molecule has 88 valence electrons. The summed E-state index contributed by atoms with van der Waals surface area (Å²) in [5.74, 6) is 0. The summed E-state index contributed by atoms with van der Waals surface area (Å²) in [4.78, 5) is 0. The summed E-state index contributed by atoms with van der Waals surface area (Å²) in [6.07, 6.45) is 5.29. The van der Waals surface area contributed by atoms with Crippen LogP contribution in [0, 0.1) is 5.41 Å². The third-order valence-corrected chi connectivity index (χ3v) is 4.01. The number of hydrogen-bond donors (Lipinski definition) is 1. The van der Waals surface area contributed by atoms with Gasteiger partial charge in [0.1, 0.15) is 0 Å². The Morgan fingerprint density at radius 3 is 2.73 bits per heavy atom. The fourth-order valence-electron chi connectivity index (χ4n) is 2.36. The lowest BCUT2D eigenvalue weighted by Gasteiger charge is -2.50. The molecule has 0 bridgehead atoms. The van der Waals surface area contributed by atoms with E-state index in [0.717, 1.165) is 26.1 Å². The van der Waals surface area contributed by atoms with E-state index in [0.29, 0.717) is 18.2 Å². The fourth-order valence-corrected chi connectivity index (χ4v) is 2.36. The number of nitrogens with two attached hydrogens (primary N) is 1. The Hall–Kier alpha value is -0.120. The molecule has 2 N–H and O–H groups in total. The molecule has 15 heavy (non-hydrogen) atoms. The van der Waals surface area contributed by atoms with E-state index in [2.05, 4.69) is 13.8 Å². The lowest BCUT2D eigenvalue weighted by Crippen LogP contribution is -2.59. The van der Waals surface area contributed by atoms with E-state index < -0.39 is 0 Å². The molecule has 0 radical (unpaired) electrons. The SMILES string of the molecule is CC1(C)C(N)CC1OCC1CCCCO1. The van der Waals surface area contributed by atoms with Gasteiger partial charge in [0.05, 0.1) is 18.8 Å². The minimum atomic E-state index is 0.147. The monoisotopic (exact) mass is 213 g/mol. The van der Waals surface area contributed by atoms with Gasteiger partial charge < -0.3 is 15.2 Å². The van der Waals surface area contributed by atoms with Crippen molar-refractivity contribution in [2.75, 3.05) is 13.2 Å². The molecule has 2 rings (SSSR count). The van der Waals surface area contributed by atoms with Crippen molar-refractivity contribution in [2.45, 2.75) is 57.8 Å². The molecule has 1 aliphatic carbocycles. The van der Waals surface area contributed by atoms with Crippen molar-refractivity contribution in [1.29, 1.82) is 0 Å². The first-order valence-corrected chi connectivity index (χ1v) is 6.09. The molecule has 3 unspecified atom stereocenters. The molecular weight excluding hydrogens is 190 g/mol. The van der Waals surface area contributed by atoms with Crippen LogP contribution in [-0.4, -0.2) is 31.5 Å². The van der Waals surface area contributed by atoms with E-state index >= 15 is 0 Å². The van der Waals surface area contributed by atoms with Gasteiger partial charge in [-0.15, -0.1) is 0 Å². The van der Waals surface area contributed by atoms with Gasteiger partial charge >= 0.3 is 0 Å². The van der Waals surface area contributed by atoms with Gasteiger partial charge in [-0.25, -0.2) is 0 Å². The zero-order valence-corrected chi connectivity index (χ0v) is 9.87. The molecule has 0 aromatic rings. The second kappa shape index (κ2) is 4.40. The highest BCUT2D eigenvalue weighted by Crippen LogP contribution is 2.41. The lowest BCUT2D eigenvalue weighted by molar-refractivity contribution is -0.140. The van der Waals surface area contributed by atoms with Crippen molar-refractivity contribution in [3.63, 3.8) is 0 Å². The van der Waals surface area contributed by atoms with Gasteiger partial charge in [0.25, 0.3) is 0 Å². The summed E-state index contributed by atoms with van der Waals surface area (Å²) in [7, 11) is 0. The van der Waals surface area contributed by atoms with Crippen molar-refractivity contribution in [2.24, 2.45) is 11.1 Å². The van der Waals surface area contributed by atoms with Crippen LogP contribution in [0.2, 0.25) is 0 Å². The first-order chi connectivity index (χ1) is 7.10. The maximum Gasteiger partial charge on any atom is 0.0808 e. The summed E-state index contributed by atoms with van der Waals surface area (Å²) in [6, 6.07) is 0.301. The molecule has 0 spiro atoms. The Morgan fingerprint density at radius 2 is 2.20 bits per heavy atom. The van der Waals surface area contributed by atoms with Crippen LogP contribution in [-0.2, 0) is 9.47 Å². The highest BCUT2D eigenvalue weighted by molar-refractivity contribution is 5.00. The van der Waals surface area contributed by atoms with E-state index in [1.54, 1.807) is 0 Å². The summed E-state index contributed by atoms with van der Waals surface area (Å²) in [6.45, 7) is 6.03. The van der Waals surface area contributed by atoms with Gasteiger partial charge in [0.15, 0.2) is 0 Å². The number of ether oxygens (including phenoxy) is 2. The third-order valence-electron chi connectivity index (χ3n) is 4.01. The van der Waals surface area contributed by atoms with E-state index in [1.807, 2.05) is 0 Å². The molecule has 1 aliphatic heterocycles. The smallest absolute Gasteiger partial charge is 0.0808 e. The van der Waals surface area contributed by atoms with Gasteiger partial charge in [0, 0.05) is 18.1 Å². The molecule has 0 amide bonds. The van der Waals surface area contributed by atoms with Crippen molar-refractivity contribution in [3.8, 4) is 0 Å². The van der Waals surface area contributed by atoms with Crippen LogP contribution >= 0.6 is 0 Å². The molecule has 0 aromatic heterocycles. The molecule has 3 nitrogen and oxygen atoms in total. The van der Waals surface area contributed by atoms with Crippen molar-refractivity contribution < 1.29 is 9.47 Å². The molecule has 3 atom stereocenters. The molecule has 2 aliphatic rings. The largest absolute Gasteiger partial charge is 0.376 e. The van der Waals surface area contributed by atoms with Crippen molar-refractivity contribution in [3.05, 3.63) is 0 Å². The van der Waals surface area contributed by atoms with Gasteiger partial charge in [0.2, 0.25) is 0 Å². The second-order valence-corrected chi connectivity index (χ2v) is 5.47. The zero-order chi connectivity index (χ0) is 10.9. The standard InChI is InChI=1S/C12H23NO2/c1-12(2)10(13)7-11(12)15-8-9-5-3-4-6-14-9/h9-11H,3-8,13H2,1-2H3. The Bertz CT molecular complexity index is 212. The first-order valence-electron chi connectivity index (χ1n) is 6.09. The Morgan fingerprint density at radius 1 is 1.40 bits per heavy atom. The van der Waals surface area contributed by atoms with Crippen LogP contribution in [0.1, 0.15) is 39.5 Å². The fraction of sp³-hybridized carbons (Fsp3) is 1.00. The van der Waals surface area contributed by atoms with E-state index in [1.165, 1.54) is 12.8 Å². The molecular formula is C12H23NO2. The average molecular weight is 213 g/mol. The normalized spacial score (nSPS) is 39.8. The van der Waals surface area contributed by atoms with E-state index in [9.17, 15) is 0 Å². The summed E-state index contributed by atoms with van der Waals surface area (Å²) >= 11 is 0. The Balaban J connectivity index is 1.70. The zero-order valence-electron chi connectivity index (χ0n) is 9.87. The van der Waals surface area contributed by atoms with Crippen LogP contribution in [0.25, 0.3) is 0 Å². The molecule has 1 saturated heterocycles. The molecule has 3 heteroatoms.